The molecule has 0 spiro atoms. The van der Waals surface area contributed by atoms with E-state index >= 15 is 0 Å². The molecule has 0 unspecified atom stereocenters. The molecule has 1 heterocycles. The van der Waals surface area contributed by atoms with Crippen molar-refractivity contribution in [2.24, 2.45) is 0 Å². The first-order valence-corrected chi connectivity index (χ1v) is 5.74. The SMILES string of the molecule is Cc1nc2cccc(F)c2nc1-c1ccccc1. The van der Waals surface area contributed by atoms with E-state index in [1.54, 1.807) is 12.1 Å². The van der Waals surface area contributed by atoms with E-state index in [2.05, 4.69) is 9.97 Å². The summed E-state index contributed by atoms with van der Waals surface area (Å²) in [5, 5.41) is 0. The molecule has 0 saturated heterocycles. The normalized spacial score (nSPS) is 10.8. The quantitative estimate of drug-likeness (QED) is 0.645. The Balaban J connectivity index is 2.31. The molecule has 3 aromatic rings. The lowest BCUT2D eigenvalue weighted by atomic mass is 10.1. The Morgan fingerprint density at radius 2 is 1.67 bits per heavy atom. The summed E-state index contributed by atoms with van der Waals surface area (Å²) in [4.78, 5) is 8.82. The van der Waals surface area contributed by atoms with Gasteiger partial charge in [0, 0.05) is 5.56 Å². The lowest BCUT2D eigenvalue weighted by Crippen LogP contribution is -1.95. The van der Waals surface area contributed by atoms with Crippen molar-refractivity contribution in [3.05, 3.63) is 60.0 Å². The maximum Gasteiger partial charge on any atom is 0.151 e. The van der Waals surface area contributed by atoms with Gasteiger partial charge in [-0.3, -0.25) is 0 Å². The highest BCUT2D eigenvalue weighted by atomic mass is 19.1. The highest BCUT2D eigenvalue weighted by molar-refractivity contribution is 5.78. The summed E-state index contributed by atoms with van der Waals surface area (Å²) in [5.74, 6) is -0.336. The maximum absolute atomic E-state index is 13.7. The Hall–Kier alpha value is -2.29. The Morgan fingerprint density at radius 3 is 2.44 bits per heavy atom. The lowest BCUT2D eigenvalue weighted by Gasteiger charge is -2.07. The molecule has 0 saturated carbocycles. The second-order valence-corrected chi connectivity index (χ2v) is 4.13. The van der Waals surface area contributed by atoms with Crippen LogP contribution in [0.5, 0.6) is 0 Å². The number of benzene rings is 2. The number of aromatic nitrogens is 2. The number of fused-ring (bicyclic) bond motifs is 1. The van der Waals surface area contributed by atoms with Crippen LogP contribution in [0.3, 0.4) is 0 Å². The monoisotopic (exact) mass is 238 g/mol. The average molecular weight is 238 g/mol. The van der Waals surface area contributed by atoms with Crippen LogP contribution in [0.1, 0.15) is 5.69 Å². The molecule has 3 heteroatoms. The van der Waals surface area contributed by atoms with Crippen LogP contribution in [0, 0.1) is 12.7 Å². The van der Waals surface area contributed by atoms with Crippen LogP contribution >= 0.6 is 0 Å². The minimum atomic E-state index is -0.336. The third-order valence-electron chi connectivity index (χ3n) is 2.87. The predicted octanol–water partition coefficient (Wildman–Crippen LogP) is 3.74. The Morgan fingerprint density at radius 1 is 0.889 bits per heavy atom. The molecule has 88 valence electrons. The van der Waals surface area contributed by atoms with E-state index in [1.807, 2.05) is 37.3 Å². The molecule has 2 nitrogen and oxygen atoms in total. The summed E-state index contributed by atoms with van der Waals surface area (Å²) in [6, 6.07) is 14.5. The summed E-state index contributed by atoms with van der Waals surface area (Å²) < 4.78 is 13.7. The van der Waals surface area contributed by atoms with Gasteiger partial charge < -0.3 is 0 Å². The van der Waals surface area contributed by atoms with Crippen molar-refractivity contribution in [2.45, 2.75) is 6.92 Å². The zero-order valence-corrected chi connectivity index (χ0v) is 9.89. The van der Waals surface area contributed by atoms with Crippen molar-refractivity contribution in [3.63, 3.8) is 0 Å². The summed E-state index contributed by atoms with van der Waals surface area (Å²) in [5.41, 5.74) is 3.40. The van der Waals surface area contributed by atoms with Crippen LogP contribution in [0.4, 0.5) is 4.39 Å². The first kappa shape index (κ1) is 10.8. The summed E-state index contributed by atoms with van der Waals surface area (Å²) >= 11 is 0. The van der Waals surface area contributed by atoms with Crippen molar-refractivity contribution in [1.82, 2.24) is 9.97 Å². The van der Waals surface area contributed by atoms with Gasteiger partial charge in [0.2, 0.25) is 0 Å². The number of aryl methyl sites for hydroxylation is 1. The summed E-state index contributed by atoms with van der Waals surface area (Å²) in [6.07, 6.45) is 0. The van der Waals surface area contributed by atoms with E-state index in [9.17, 15) is 4.39 Å². The fraction of sp³-hybridized carbons (Fsp3) is 0.0667. The van der Waals surface area contributed by atoms with E-state index in [1.165, 1.54) is 6.07 Å². The second kappa shape index (κ2) is 4.18. The highest BCUT2D eigenvalue weighted by Crippen LogP contribution is 2.23. The fourth-order valence-electron chi connectivity index (χ4n) is 2.00. The first-order chi connectivity index (χ1) is 8.75. The number of para-hydroxylation sites is 1. The first-order valence-electron chi connectivity index (χ1n) is 5.74. The van der Waals surface area contributed by atoms with Crippen LogP contribution in [0.15, 0.2) is 48.5 Å². The molecule has 0 radical (unpaired) electrons. The van der Waals surface area contributed by atoms with Crippen LogP contribution in [0.2, 0.25) is 0 Å². The van der Waals surface area contributed by atoms with Crippen LogP contribution in [-0.4, -0.2) is 9.97 Å². The van der Waals surface area contributed by atoms with Crippen molar-refractivity contribution in [1.29, 1.82) is 0 Å². The number of hydrogen-bond donors (Lipinski definition) is 0. The van der Waals surface area contributed by atoms with E-state index in [0.29, 0.717) is 11.0 Å². The number of hydrogen-bond acceptors (Lipinski definition) is 2. The minimum Gasteiger partial charge on any atom is -0.249 e. The molecule has 0 atom stereocenters. The van der Waals surface area contributed by atoms with Gasteiger partial charge in [-0.25, -0.2) is 14.4 Å². The Bertz CT molecular complexity index is 708. The van der Waals surface area contributed by atoms with Gasteiger partial charge in [0.15, 0.2) is 5.82 Å². The molecule has 2 aromatic carbocycles. The van der Waals surface area contributed by atoms with E-state index in [0.717, 1.165) is 17.0 Å². The number of rotatable bonds is 1. The standard InChI is InChI=1S/C15H11FN2/c1-10-14(11-6-3-2-4-7-11)18-15-12(16)8-5-9-13(15)17-10/h2-9H,1H3. The van der Waals surface area contributed by atoms with Gasteiger partial charge in [-0.1, -0.05) is 36.4 Å². The zero-order chi connectivity index (χ0) is 12.5. The van der Waals surface area contributed by atoms with Crippen molar-refractivity contribution in [2.75, 3.05) is 0 Å². The molecule has 1 aromatic heterocycles. The third-order valence-corrected chi connectivity index (χ3v) is 2.87. The molecular weight excluding hydrogens is 227 g/mol. The highest BCUT2D eigenvalue weighted by Gasteiger charge is 2.09. The molecule has 0 bridgehead atoms. The van der Waals surface area contributed by atoms with Crippen molar-refractivity contribution >= 4 is 11.0 Å². The van der Waals surface area contributed by atoms with Crippen LogP contribution < -0.4 is 0 Å². The minimum absolute atomic E-state index is 0.321. The Labute approximate surface area is 104 Å². The van der Waals surface area contributed by atoms with Gasteiger partial charge in [0.05, 0.1) is 16.9 Å². The van der Waals surface area contributed by atoms with Crippen molar-refractivity contribution < 1.29 is 4.39 Å². The molecule has 3 rings (SSSR count). The Kier molecular flexibility index (Phi) is 2.52. The van der Waals surface area contributed by atoms with Gasteiger partial charge in [0.25, 0.3) is 0 Å². The largest absolute Gasteiger partial charge is 0.249 e. The molecule has 0 amide bonds. The molecule has 0 aliphatic carbocycles. The smallest absolute Gasteiger partial charge is 0.151 e. The molecule has 0 fully saturated rings. The molecular formula is C15H11FN2. The second-order valence-electron chi connectivity index (χ2n) is 4.13. The number of nitrogens with zero attached hydrogens (tertiary/aromatic N) is 2. The van der Waals surface area contributed by atoms with Gasteiger partial charge in [-0.15, -0.1) is 0 Å². The van der Waals surface area contributed by atoms with E-state index in [4.69, 9.17) is 0 Å². The van der Waals surface area contributed by atoms with Gasteiger partial charge >= 0.3 is 0 Å². The van der Waals surface area contributed by atoms with E-state index < -0.39 is 0 Å². The van der Waals surface area contributed by atoms with Gasteiger partial charge in [0.1, 0.15) is 5.52 Å². The summed E-state index contributed by atoms with van der Waals surface area (Å²) in [6.45, 7) is 1.89. The lowest BCUT2D eigenvalue weighted by molar-refractivity contribution is 0.636. The van der Waals surface area contributed by atoms with Crippen LogP contribution in [-0.2, 0) is 0 Å². The molecule has 0 aliphatic heterocycles. The zero-order valence-electron chi connectivity index (χ0n) is 9.89. The maximum atomic E-state index is 13.7. The summed E-state index contributed by atoms with van der Waals surface area (Å²) in [7, 11) is 0. The predicted molar refractivity (Wildman–Crippen MR) is 69.7 cm³/mol. The topological polar surface area (TPSA) is 25.8 Å². The number of halogens is 1. The molecule has 18 heavy (non-hydrogen) atoms. The third kappa shape index (κ3) is 1.74. The van der Waals surface area contributed by atoms with Crippen LogP contribution in [0.25, 0.3) is 22.3 Å². The fourth-order valence-corrected chi connectivity index (χ4v) is 2.00. The van der Waals surface area contributed by atoms with Gasteiger partial charge in [-0.2, -0.15) is 0 Å². The average Bonchev–Trinajstić information content (AvgIpc) is 2.39. The van der Waals surface area contributed by atoms with E-state index in [-0.39, 0.29) is 5.82 Å². The molecule has 0 aliphatic rings. The molecule has 0 N–H and O–H groups in total. The van der Waals surface area contributed by atoms with Crippen molar-refractivity contribution in [3.8, 4) is 11.3 Å². The van der Waals surface area contributed by atoms with Gasteiger partial charge in [-0.05, 0) is 19.1 Å².